The van der Waals surface area contributed by atoms with Gasteiger partial charge >= 0.3 is 0 Å². The highest BCUT2D eigenvalue weighted by atomic mass is 19.1. The Balaban J connectivity index is 1.40. The van der Waals surface area contributed by atoms with Crippen LogP contribution in [0.25, 0.3) is 16.7 Å². The largest absolute Gasteiger partial charge is 0.497 e. The number of rotatable bonds is 7. The van der Waals surface area contributed by atoms with Crippen molar-refractivity contribution in [1.29, 1.82) is 0 Å². The Labute approximate surface area is 195 Å². The molecule has 5 rings (SSSR count). The fraction of sp³-hybridized carbons (Fsp3) is 0.115. The molecule has 1 N–H and O–H groups in total. The average molecular weight is 455 g/mol. The number of imidazole rings is 1. The zero-order valence-corrected chi connectivity index (χ0v) is 18.4. The Morgan fingerprint density at radius 2 is 1.79 bits per heavy atom. The minimum absolute atomic E-state index is 0.276. The number of nitrogens with zero attached hydrogens (tertiary/aromatic N) is 4. The van der Waals surface area contributed by atoms with Gasteiger partial charge in [-0.15, -0.1) is 0 Å². The van der Waals surface area contributed by atoms with Gasteiger partial charge in [0.2, 0.25) is 0 Å². The summed E-state index contributed by atoms with van der Waals surface area (Å²) in [6, 6.07) is 22.5. The molecule has 2 aromatic heterocycles. The molecule has 2 heterocycles. The quantitative estimate of drug-likeness (QED) is 0.391. The molecule has 0 fully saturated rings. The summed E-state index contributed by atoms with van der Waals surface area (Å²) < 4.78 is 22.3. The van der Waals surface area contributed by atoms with Gasteiger partial charge in [-0.1, -0.05) is 24.3 Å². The van der Waals surface area contributed by atoms with Crippen molar-refractivity contribution in [3.8, 4) is 11.4 Å². The lowest BCUT2D eigenvalue weighted by Gasteiger charge is -2.20. The summed E-state index contributed by atoms with van der Waals surface area (Å²) in [4.78, 5) is 17.6. The zero-order chi connectivity index (χ0) is 23.5. The van der Waals surface area contributed by atoms with E-state index in [1.165, 1.54) is 12.1 Å². The molecule has 170 valence electrons. The third kappa shape index (κ3) is 4.38. The molecule has 0 aliphatic carbocycles. The number of carbonyl (C=O) groups excluding carboxylic acids is 1. The number of ether oxygens (including phenoxy) is 1. The van der Waals surface area contributed by atoms with Gasteiger partial charge in [0.25, 0.3) is 5.91 Å². The Kier molecular flexibility index (Phi) is 5.78. The molecular weight excluding hydrogens is 433 g/mol. The number of halogens is 1. The molecule has 0 aliphatic rings. The number of para-hydroxylation sites is 2. The lowest BCUT2D eigenvalue weighted by atomic mass is 10.1. The maximum atomic E-state index is 13.6. The van der Waals surface area contributed by atoms with Gasteiger partial charge in [-0.25, -0.2) is 14.1 Å². The first-order chi connectivity index (χ1) is 16.6. The number of hydrogen-bond acceptors (Lipinski definition) is 4. The maximum Gasteiger partial charge on any atom is 0.272 e. The molecule has 1 amide bonds. The summed E-state index contributed by atoms with van der Waals surface area (Å²) in [5.74, 6) is 0.0780. The van der Waals surface area contributed by atoms with E-state index < -0.39 is 6.04 Å². The third-order valence-electron chi connectivity index (χ3n) is 5.64. The first kappa shape index (κ1) is 21.4. The molecule has 34 heavy (non-hydrogen) atoms. The van der Waals surface area contributed by atoms with E-state index >= 15 is 0 Å². The molecule has 0 saturated carbocycles. The Bertz CT molecular complexity index is 1420. The van der Waals surface area contributed by atoms with Crippen molar-refractivity contribution in [3.63, 3.8) is 0 Å². The number of aromatic nitrogens is 4. The highest BCUT2D eigenvalue weighted by molar-refractivity contribution is 5.92. The van der Waals surface area contributed by atoms with Crippen LogP contribution in [0.3, 0.4) is 0 Å². The van der Waals surface area contributed by atoms with E-state index in [1.807, 2.05) is 53.1 Å². The molecule has 0 radical (unpaired) electrons. The van der Waals surface area contributed by atoms with E-state index in [1.54, 1.807) is 42.5 Å². The fourth-order valence-electron chi connectivity index (χ4n) is 3.84. The van der Waals surface area contributed by atoms with Crippen molar-refractivity contribution in [3.05, 3.63) is 108 Å². The average Bonchev–Trinajstić information content (AvgIpc) is 3.52. The standard InChI is InChI=1S/C26H22FN5O2/c1-34-21-12-10-20(11-13-21)32-15-14-23(30-32)26(33)29-24(18-6-8-19(27)9-7-18)16-31-17-28-22-4-2-3-5-25(22)31/h2-15,17,24H,16H2,1H3,(H,29,33). The number of methoxy groups -OCH3 is 1. The Morgan fingerprint density at radius 1 is 1.03 bits per heavy atom. The van der Waals surface area contributed by atoms with E-state index in [9.17, 15) is 9.18 Å². The first-order valence-corrected chi connectivity index (χ1v) is 10.8. The Hall–Kier alpha value is -4.46. The van der Waals surface area contributed by atoms with Gasteiger partial charge in [-0.05, 0) is 60.2 Å². The fourth-order valence-corrected chi connectivity index (χ4v) is 3.84. The normalized spacial score (nSPS) is 11.9. The second-order valence-corrected chi connectivity index (χ2v) is 7.81. The van der Waals surface area contributed by atoms with Crippen LogP contribution >= 0.6 is 0 Å². The lowest BCUT2D eigenvalue weighted by Crippen LogP contribution is -2.31. The smallest absolute Gasteiger partial charge is 0.272 e. The topological polar surface area (TPSA) is 74.0 Å². The van der Waals surface area contributed by atoms with Crippen LogP contribution in [0, 0.1) is 5.82 Å². The summed E-state index contributed by atoms with van der Waals surface area (Å²) in [6.07, 6.45) is 3.47. The van der Waals surface area contributed by atoms with E-state index in [-0.39, 0.29) is 17.4 Å². The number of carbonyl (C=O) groups is 1. The molecule has 5 aromatic rings. The minimum Gasteiger partial charge on any atom is -0.497 e. The number of fused-ring (bicyclic) bond motifs is 1. The van der Waals surface area contributed by atoms with E-state index in [0.29, 0.717) is 6.54 Å². The van der Waals surface area contributed by atoms with Gasteiger partial charge in [0.1, 0.15) is 11.6 Å². The van der Waals surface area contributed by atoms with Crippen molar-refractivity contribution < 1.29 is 13.9 Å². The summed E-state index contributed by atoms with van der Waals surface area (Å²) >= 11 is 0. The van der Waals surface area contributed by atoms with Gasteiger partial charge in [0.05, 0.1) is 36.2 Å². The van der Waals surface area contributed by atoms with Crippen LogP contribution in [-0.2, 0) is 6.54 Å². The molecule has 3 aromatic carbocycles. The molecule has 7 nitrogen and oxygen atoms in total. The zero-order valence-electron chi connectivity index (χ0n) is 18.4. The maximum absolute atomic E-state index is 13.6. The van der Waals surface area contributed by atoms with Crippen LogP contribution < -0.4 is 10.1 Å². The van der Waals surface area contributed by atoms with Gasteiger partial charge in [-0.3, -0.25) is 4.79 Å². The van der Waals surface area contributed by atoms with E-state index in [0.717, 1.165) is 28.0 Å². The summed E-state index contributed by atoms with van der Waals surface area (Å²) in [5.41, 5.74) is 3.68. The molecule has 0 saturated heterocycles. The predicted molar refractivity (Wildman–Crippen MR) is 126 cm³/mol. The van der Waals surface area contributed by atoms with Crippen molar-refractivity contribution >= 4 is 16.9 Å². The third-order valence-corrected chi connectivity index (χ3v) is 5.64. The van der Waals surface area contributed by atoms with Crippen molar-refractivity contribution in [2.45, 2.75) is 12.6 Å². The molecule has 0 aliphatic heterocycles. The number of benzene rings is 3. The molecule has 8 heteroatoms. The molecular formula is C26H22FN5O2. The van der Waals surface area contributed by atoms with E-state index in [4.69, 9.17) is 4.74 Å². The monoisotopic (exact) mass is 455 g/mol. The van der Waals surface area contributed by atoms with Crippen molar-refractivity contribution in [2.75, 3.05) is 7.11 Å². The first-order valence-electron chi connectivity index (χ1n) is 10.8. The molecule has 1 atom stereocenters. The molecule has 0 bridgehead atoms. The van der Waals surface area contributed by atoms with E-state index in [2.05, 4.69) is 15.4 Å². The van der Waals surface area contributed by atoms with Gasteiger partial charge < -0.3 is 14.6 Å². The highest BCUT2D eigenvalue weighted by Crippen LogP contribution is 2.21. The lowest BCUT2D eigenvalue weighted by molar-refractivity contribution is 0.0927. The second kappa shape index (κ2) is 9.19. The number of nitrogens with one attached hydrogen (secondary N) is 1. The second-order valence-electron chi connectivity index (χ2n) is 7.81. The van der Waals surface area contributed by atoms with Crippen LogP contribution in [0.2, 0.25) is 0 Å². The SMILES string of the molecule is COc1ccc(-n2ccc(C(=O)NC(Cn3cnc4ccccc43)c3ccc(F)cc3)n2)cc1. The van der Waals surface area contributed by atoms with Crippen molar-refractivity contribution in [2.24, 2.45) is 0 Å². The molecule has 0 spiro atoms. The van der Waals surface area contributed by atoms with Gasteiger partial charge in [0.15, 0.2) is 5.69 Å². The van der Waals surface area contributed by atoms with Crippen LogP contribution in [0.5, 0.6) is 5.75 Å². The molecule has 1 unspecified atom stereocenters. The predicted octanol–water partition coefficient (Wildman–Crippen LogP) is 4.54. The summed E-state index contributed by atoms with van der Waals surface area (Å²) in [5, 5.41) is 7.48. The van der Waals surface area contributed by atoms with Crippen molar-refractivity contribution in [1.82, 2.24) is 24.6 Å². The van der Waals surface area contributed by atoms with Crippen LogP contribution in [0.4, 0.5) is 4.39 Å². The van der Waals surface area contributed by atoms with Crippen LogP contribution in [-0.4, -0.2) is 32.3 Å². The van der Waals surface area contributed by atoms with Crippen LogP contribution in [0.1, 0.15) is 22.1 Å². The Morgan fingerprint density at radius 3 is 2.56 bits per heavy atom. The summed E-state index contributed by atoms with van der Waals surface area (Å²) in [7, 11) is 1.61. The number of hydrogen-bond donors (Lipinski definition) is 1. The minimum atomic E-state index is -0.420. The number of amides is 1. The van der Waals surface area contributed by atoms with Gasteiger partial charge in [0, 0.05) is 12.7 Å². The summed E-state index contributed by atoms with van der Waals surface area (Å²) in [6.45, 7) is 0.428. The highest BCUT2D eigenvalue weighted by Gasteiger charge is 2.19. The van der Waals surface area contributed by atoms with Gasteiger partial charge in [-0.2, -0.15) is 5.10 Å². The van der Waals surface area contributed by atoms with Crippen LogP contribution in [0.15, 0.2) is 91.4 Å².